The smallest absolute Gasteiger partial charge is 0.264 e. The number of hydrogen-bond acceptors (Lipinski definition) is 4. The van der Waals surface area contributed by atoms with E-state index in [1.54, 1.807) is 0 Å². The molecule has 0 amide bonds. The zero-order valence-corrected chi connectivity index (χ0v) is 17.4. The first kappa shape index (κ1) is 24.8. The molecule has 0 saturated carbocycles. The Hall–Kier alpha value is -0.210. The van der Waals surface area contributed by atoms with Crippen molar-refractivity contribution >= 4 is 10.1 Å². The highest BCUT2D eigenvalue weighted by Crippen LogP contribution is 2.11. The molecule has 6 nitrogen and oxygen atoms in total. The zero-order chi connectivity index (χ0) is 19.0. The van der Waals surface area contributed by atoms with Crippen LogP contribution in [0.1, 0.15) is 58.8 Å². The zero-order valence-electron chi connectivity index (χ0n) is 16.5. The minimum atomic E-state index is -3.84. The van der Waals surface area contributed by atoms with Crippen LogP contribution in [-0.4, -0.2) is 76.3 Å². The quantitative estimate of drug-likeness (QED) is 0.224. The predicted molar refractivity (Wildman–Crippen MR) is 103 cm³/mol. The van der Waals surface area contributed by atoms with Crippen molar-refractivity contribution < 1.29 is 26.9 Å². The molecule has 152 valence electrons. The second-order valence-electron chi connectivity index (χ2n) is 7.01. The molecule has 0 heterocycles. The Bertz CT molecular complexity index is 402. The van der Waals surface area contributed by atoms with Gasteiger partial charge >= 0.3 is 0 Å². The number of quaternary nitrogens is 1. The first-order valence-electron chi connectivity index (χ1n) is 9.77. The third kappa shape index (κ3) is 17.0. The van der Waals surface area contributed by atoms with Crippen LogP contribution in [-0.2, 0) is 19.6 Å². The maximum absolute atomic E-state index is 10.8. The van der Waals surface area contributed by atoms with Crippen molar-refractivity contribution in [2.45, 2.75) is 58.8 Å². The van der Waals surface area contributed by atoms with E-state index in [2.05, 4.69) is 14.0 Å². The maximum atomic E-state index is 10.8. The van der Waals surface area contributed by atoms with E-state index in [0.29, 0.717) is 32.8 Å². The Morgan fingerprint density at radius 2 is 1.40 bits per heavy atom. The molecule has 25 heavy (non-hydrogen) atoms. The summed E-state index contributed by atoms with van der Waals surface area (Å²) in [7, 11) is -1.62. The molecule has 0 aliphatic heterocycles. The van der Waals surface area contributed by atoms with Crippen LogP contribution < -0.4 is 0 Å². The Kier molecular flexibility index (Phi) is 14.8. The molecule has 0 aromatic rings. The topological polar surface area (TPSA) is 72.8 Å². The van der Waals surface area contributed by atoms with E-state index in [1.165, 1.54) is 32.1 Å². The molecule has 0 aromatic heterocycles. The number of hydrogen-bond donors (Lipinski definition) is 1. The van der Waals surface area contributed by atoms with E-state index in [4.69, 9.17) is 14.0 Å². The average Bonchev–Trinajstić information content (AvgIpc) is 2.54. The number of likely N-dealkylation sites (N-methyl/N-ethyl adjacent to an activating group) is 1. The fraction of sp³-hybridized carbons (Fsp3) is 1.00. The first-order chi connectivity index (χ1) is 11.8. The van der Waals surface area contributed by atoms with Gasteiger partial charge in [0.2, 0.25) is 0 Å². The summed E-state index contributed by atoms with van der Waals surface area (Å²) in [5.41, 5.74) is 0. The first-order valence-corrected chi connectivity index (χ1v) is 11.4. The monoisotopic (exact) mass is 382 g/mol. The van der Waals surface area contributed by atoms with Crippen molar-refractivity contribution in [3.05, 3.63) is 0 Å². The van der Waals surface area contributed by atoms with Crippen LogP contribution in [0.3, 0.4) is 0 Å². The van der Waals surface area contributed by atoms with Gasteiger partial charge in [-0.2, -0.15) is 8.42 Å². The minimum absolute atomic E-state index is 0.144. The Morgan fingerprint density at radius 3 is 2.00 bits per heavy atom. The summed E-state index contributed by atoms with van der Waals surface area (Å²) < 4.78 is 42.4. The summed E-state index contributed by atoms with van der Waals surface area (Å²) in [6, 6.07) is 0. The highest BCUT2D eigenvalue weighted by atomic mass is 32.2. The molecule has 0 radical (unpaired) electrons. The van der Waals surface area contributed by atoms with Gasteiger partial charge in [-0.15, -0.1) is 0 Å². The number of nitrogens with zero attached hydrogens (tertiary/aromatic N) is 1. The van der Waals surface area contributed by atoms with Gasteiger partial charge < -0.3 is 14.0 Å². The third-order valence-electron chi connectivity index (χ3n) is 4.50. The van der Waals surface area contributed by atoms with Crippen LogP contribution in [0, 0.1) is 0 Å². The summed E-state index contributed by atoms with van der Waals surface area (Å²) in [4.78, 5) is 0. The van der Waals surface area contributed by atoms with Crippen molar-refractivity contribution in [1.29, 1.82) is 0 Å². The Balaban J connectivity index is 4.18. The lowest BCUT2D eigenvalue weighted by molar-refractivity contribution is -0.910. The molecular formula is C18H40NO5S+. The minimum Gasteiger partial charge on any atom is -0.379 e. The number of ether oxygens (including phenoxy) is 2. The van der Waals surface area contributed by atoms with Gasteiger partial charge in [0.15, 0.2) is 0 Å². The molecule has 0 bridgehead atoms. The van der Waals surface area contributed by atoms with Crippen molar-refractivity contribution in [2.24, 2.45) is 0 Å². The fourth-order valence-corrected chi connectivity index (χ4v) is 3.43. The number of rotatable bonds is 18. The molecule has 0 fully saturated rings. The standard InChI is InChI=1S/C18H39NO5S/c1-4-6-7-8-9-12-19(3,13-10-11-18-25(20,21)22)14-15-24-17-16-23-5-2/h4-18H2,1-3H3/p+1. The van der Waals surface area contributed by atoms with E-state index in [9.17, 15) is 8.42 Å². The summed E-state index contributed by atoms with van der Waals surface area (Å²) >= 11 is 0. The Labute approximate surface area is 155 Å². The third-order valence-corrected chi connectivity index (χ3v) is 5.31. The molecule has 0 aromatic carbocycles. The molecule has 0 spiro atoms. The normalized spacial score (nSPS) is 14.6. The lowest BCUT2D eigenvalue weighted by atomic mass is 10.1. The second-order valence-corrected chi connectivity index (χ2v) is 8.58. The van der Waals surface area contributed by atoms with Gasteiger partial charge in [-0.25, -0.2) is 0 Å². The molecule has 0 rings (SSSR count). The molecule has 7 heteroatoms. The fourth-order valence-electron chi connectivity index (χ4n) is 2.86. The second kappa shape index (κ2) is 14.9. The van der Waals surface area contributed by atoms with Crippen molar-refractivity contribution in [1.82, 2.24) is 0 Å². The summed E-state index contributed by atoms with van der Waals surface area (Å²) in [6.07, 6.45) is 7.56. The van der Waals surface area contributed by atoms with Gasteiger partial charge in [0, 0.05) is 6.61 Å². The number of unbranched alkanes of at least 4 members (excludes halogenated alkanes) is 5. The van der Waals surface area contributed by atoms with Crippen LogP contribution in [0.15, 0.2) is 0 Å². The average molecular weight is 383 g/mol. The van der Waals surface area contributed by atoms with E-state index < -0.39 is 10.1 Å². The van der Waals surface area contributed by atoms with Crippen LogP contribution in [0.25, 0.3) is 0 Å². The predicted octanol–water partition coefficient (Wildman–Crippen LogP) is 3.12. The molecule has 0 aliphatic rings. The van der Waals surface area contributed by atoms with Gasteiger partial charge in [-0.05, 0) is 32.6 Å². The van der Waals surface area contributed by atoms with Crippen molar-refractivity contribution in [3.8, 4) is 0 Å². The summed E-state index contributed by atoms with van der Waals surface area (Å²) in [6.45, 7) is 9.76. The van der Waals surface area contributed by atoms with Gasteiger partial charge in [0.05, 0.1) is 45.7 Å². The highest BCUT2D eigenvalue weighted by Gasteiger charge is 2.21. The van der Waals surface area contributed by atoms with E-state index in [-0.39, 0.29) is 5.75 Å². The van der Waals surface area contributed by atoms with Gasteiger partial charge in [-0.1, -0.05) is 26.2 Å². The van der Waals surface area contributed by atoms with Gasteiger partial charge in [-0.3, -0.25) is 4.55 Å². The Morgan fingerprint density at radius 1 is 0.800 bits per heavy atom. The van der Waals surface area contributed by atoms with Gasteiger partial charge in [0.1, 0.15) is 6.54 Å². The molecule has 0 aliphatic carbocycles. The van der Waals surface area contributed by atoms with Crippen molar-refractivity contribution in [3.63, 3.8) is 0 Å². The summed E-state index contributed by atoms with van der Waals surface area (Å²) in [5.74, 6) is -0.144. The lowest BCUT2D eigenvalue weighted by Gasteiger charge is -2.35. The maximum Gasteiger partial charge on any atom is 0.264 e. The highest BCUT2D eigenvalue weighted by molar-refractivity contribution is 7.85. The lowest BCUT2D eigenvalue weighted by Crippen LogP contribution is -2.48. The van der Waals surface area contributed by atoms with E-state index in [1.807, 2.05) is 6.92 Å². The van der Waals surface area contributed by atoms with E-state index >= 15 is 0 Å². The molecule has 1 atom stereocenters. The molecule has 1 unspecified atom stereocenters. The molecule has 1 N–H and O–H groups in total. The summed E-state index contributed by atoms with van der Waals surface area (Å²) in [5, 5.41) is 0. The van der Waals surface area contributed by atoms with E-state index in [0.717, 1.165) is 30.5 Å². The van der Waals surface area contributed by atoms with Crippen LogP contribution in [0.2, 0.25) is 0 Å². The largest absolute Gasteiger partial charge is 0.379 e. The van der Waals surface area contributed by atoms with Crippen LogP contribution >= 0.6 is 0 Å². The molecule has 0 saturated heterocycles. The molecular weight excluding hydrogens is 342 g/mol. The van der Waals surface area contributed by atoms with Crippen LogP contribution in [0.4, 0.5) is 0 Å². The van der Waals surface area contributed by atoms with Crippen molar-refractivity contribution in [2.75, 3.05) is 58.9 Å². The van der Waals surface area contributed by atoms with Gasteiger partial charge in [0.25, 0.3) is 10.1 Å². The SMILES string of the molecule is CCCCCCC[N+](C)(CCCCS(=O)(=O)O)CCOCCOCC. The van der Waals surface area contributed by atoms with Crippen LogP contribution in [0.5, 0.6) is 0 Å².